The van der Waals surface area contributed by atoms with Gasteiger partial charge in [0.25, 0.3) is 5.95 Å². The van der Waals surface area contributed by atoms with Gasteiger partial charge in [-0.15, -0.1) is 0 Å². The zero-order valence-electron chi connectivity index (χ0n) is 17.5. The van der Waals surface area contributed by atoms with Crippen molar-refractivity contribution in [2.75, 3.05) is 18.4 Å². The summed E-state index contributed by atoms with van der Waals surface area (Å²) in [6, 6.07) is 12.5. The highest BCUT2D eigenvalue weighted by atomic mass is 16.2. The van der Waals surface area contributed by atoms with Gasteiger partial charge in [0.2, 0.25) is 5.91 Å². The van der Waals surface area contributed by atoms with Crippen molar-refractivity contribution in [1.82, 2.24) is 30.0 Å². The molecular weight excluding hydrogens is 394 g/mol. The number of urea groups is 1. The molecule has 4 rings (SSSR count). The molecule has 2 aromatic heterocycles. The molecule has 31 heavy (non-hydrogen) atoms. The van der Waals surface area contributed by atoms with E-state index in [0.717, 1.165) is 11.3 Å². The molecule has 3 amide bonds. The summed E-state index contributed by atoms with van der Waals surface area (Å²) in [7, 11) is 0. The number of benzene rings is 1. The van der Waals surface area contributed by atoms with Crippen LogP contribution in [0.25, 0.3) is 5.95 Å². The quantitative estimate of drug-likeness (QED) is 0.677. The standard InChI is InChI=1S/C22H25N7O2/c1-15(2)17-13-19(29(27-17)21-24-9-6-10-25-21)26-22(31)28-12-11-23-20(30)14-18(28)16-7-4-3-5-8-16/h3-10,13,15,18H,11-12,14H2,1-2H3,(H,23,30)(H,26,31)/t18-/m0/s1. The zero-order chi connectivity index (χ0) is 21.8. The third-order valence-electron chi connectivity index (χ3n) is 5.17. The van der Waals surface area contributed by atoms with E-state index in [-0.39, 0.29) is 30.3 Å². The summed E-state index contributed by atoms with van der Waals surface area (Å²) in [5.74, 6) is 0.943. The maximum atomic E-state index is 13.4. The van der Waals surface area contributed by atoms with Crippen LogP contribution < -0.4 is 10.6 Å². The first-order valence-corrected chi connectivity index (χ1v) is 10.3. The second-order valence-corrected chi connectivity index (χ2v) is 7.67. The summed E-state index contributed by atoms with van der Waals surface area (Å²) in [5, 5.41) is 10.4. The predicted molar refractivity (Wildman–Crippen MR) is 116 cm³/mol. The first-order valence-electron chi connectivity index (χ1n) is 10.3. The molecule has 2 N–H and O–H groups in total. The molecule has 160 valence electrons. The van der Waals surface area contributed by atoms with Crippen LogP contribution in [0.2, 0.25) is 0 Å². The van der Waals surface area contributed by atoms with E-state index in [2.05, 4.69) is 25.7 Å². The monoisotopic (exact) mass is 419 g/mol. The zero-order valence-corrected chi connectivity index (χ0v) is 17.5. The van der Waals surface area contributed by atoms with E-state index < -0.39 is 0 Å². The van der Waals surface area contributed by atoms with Crippen LogP contribution in [0.3, 0.4) is 0 Å². The number of carbonyl (C=O) groups is 2. The number of carbonyl (C=O) groups excluding carboxylic acids is 2. The molecule has 0 saturated carbocycles. The molecule has 1 aliphatic heterocycles. The highest BCUT2D eigenvalue weighted by Crippen LogP contribution is 2.27. The lowest BCUT2D eigenvalue weighted by Crippen LogP contribution is -2.40. The number of nitrogens with one attached hydrogen (secondary N) is 2. The number of aromatic nitrogens is 4. The van der Waals surface area contributed by atoms with Gasteiger partial charge in [-0.1, -0.05) is 44.2 Å². The number of nitrogens with zero attached hydrogens (tertiary/aromatic N) is 5. The lowest BCUT2D eigenvalue weighted by molar-refractivity contribution is -0.121. The summed E-state index contributed by atoms with van der Waals surface area (Å²) >= 11 is 0. The van der Waals surface area contributed by atoms with Crippen molar-refractivity contribution in [2.24, 2.45) is 0 Å². The van der Waals surface area contributed by atoms with Crippen molar-refractivity contribution in [3.8, 4) is 5.95 Å². The Morgan fingerprint density at radius 1 is 1.16 bits per heavy atom. The van der Waals surface area contributed by atoms with E-state index in [9.17, 15) is 9.59 Å². The highest BCUT2D eigenvalue weighted by Gasteiger charge is 2.30. The first kappa shape index (κ1) is 20.5. The number of hydrogen-bond donors (Lipinski definition) is 2. The molecule has 3 aromatic rings. The van der Waals surface area contributed by atoms with Gasteiger partial charge in [0, 0.05) is 31.5 Å². The molecule has 9 heteroatoms. The van der Waals surface area contributed by atoms with Crippen LogP contribution in [0.15, 0.2) is 54.9 Å². The number of amides is 3. The van der Waals surface area contributed by atoms with Gasteiger partial charge in [-0.2, -0.15) is 9.78 Å². The van der Waals surface area contributed by atoms with E-state index in [4.69, 9.17) is 0 Å². The third kappa shape index (κ3) is 4.55. The molecule has 0 radical (unpaired) electrons. The molecule has 1 aliphatic rings. The molecule has 0 spiro atoms. The van der Waals surface area contributed by atoms with Gasteiger partial charge >= 0.3 is 6.03 Å². The van der Waals surface area contributed by atoms with Gasteiger partial charge in [0.05, 0.1) is 18.2 Å². The molecule has 0 unspecified atom stereocenters. The Balaban J connectivity index is 1.65. The lowest BCUT2D eigenvalue weighted by atomic mass is 10.0. The van der Waals surface area contributed by atoms with Gasteiger partial charge in [-0.25, -0.2) is 14.8 Å². The third-order valence-corrected chi connectivity index (χ3v) is 5.17. The van der Waals surface area contributed by atoms with Crippen LogP contribution in [0.1, 0.15) is 43.5 Å². The van der Waals surface area contributed by atoms with E-state index in [1.165, 1.54) is 4.68 Å². The van der Waals surface area contributed by atoms with Crippen LogP contribution in [-0.2, 0) is 4.79 Å². The minimum absolute atomic E-state index is 0.0750. The molecular formula is C22H25N7O2. The van der Waals surface area contributed by atoms with E-state index in [1.54, 1.807) is 23.4 Å². The van der Waals surface area contributed by atoms with Crippen LogP contribution in [0, 0.1) is 0 Å². The summed E-state index contributed by atoms with van der Waals surface area (Å²) in [6.07, 6.45) is 3.46. The summed E-state index contributed by atoms with van der Waals surface area (Å²) in [6.45, 7) is 4.85. The van der Waals surface area contributed by atoms with Crippen LogP contribution in [-0.4, -0.2) is 49.7 Å². The Morgan fingerprint density at radius 3 is 2.61 bits per heavy atom. The number of rotatable bonds is 4. The highest BCUT2D eigenvalue weighted by molar-refractivity contribution is 5.90. The van der Waals surface area contributed by atoms with Crippen molar-refractivity contribution >= 4 is 17.8 Å². The molecule has 1 aromatic carbocycles. The van der Waals surface area contributed by atoms with Crippen molar-refractivity contribution in [2.45, 2.75) is 32.2 Å². The maximum Gasteiger partial charge on any atom is 0.323 e. The molecule has 1 fully saturated rings. The molecule has 1 atom stereocenters. The summed E-state index contributed by atoms with van der Waals surface area (Å²) < 4.78 is 1.53. The van der Waals surface area contributed by atoms with Gasteiger partial charge in [0.15, 0.2) is 0 Å². The fourth-order valence-corrected chi connectivity index (χ4v) is 3.55. The van der Waals surface area contributed by atoms with E-state index in [0.29, 0.717) is 24.9 Å². The van der Waals surface area contributed by atoms with Crippen molar-refractivity contribution in [1.29, 1.82) is 0 Å². The van der Waals surface area contributed by atoms with Crippen LogP contribution in [0.5, 0.6) is 0 Å². The largest absolute Gasteiger partial charge is 0.354 e. The Labute approximate surface area is 180 Å². The van der Waals surface area contributed by atoms with Crippen LogP contribution in [0.4, 0.5) is 10.6 Å². The van der Waals surface area contributed by atoms with Crippen molar-refractivity contribution in [3.05, 3.63) is 66.1 Å². The Kier molecular flexibility index (Phi) is 5.92. The van der Waals surface area contributed by atoms with Crippen molar-refractivity contribution in [3.63, 3.8) is 0 Å². The predicted octanol–water partition coefficient (Wildman–Crippen LogP) is 2.88. The summed E-state index contributed by atoms with van der Waals surface area (Å²) in [5.41, 5.74) is 1.73. The van der Waals surface area contributed by atoms with Crippen molar-refractivity contribution < 1.29 is 9.59 Å². The SMILES string of the molecule is CC(C)c1cc(NC(=O)N2CCNC(=O)C[C@H]2c2ccccc2)n(-c2ncccn2)n1. The summed E-state index contributed by atoms with van der Waals surface area (Å²) in [4.78, 5) is 35.8. The second kappa shape index (κ2) is 8.95. The van der Waals surface area contributed by atoms with E-state index in [1.807, 2.05) is 50.2 Å². The van der Waals surface area contributed by atoms with Crippen LogP contribution >= 0.6 is 0 Å². The normalized spacial score (nSPS) is 16.7. The molecule has 0 aliphatic carbocycles. The number of anilines is 1. The maximum absolute atomic E-state index is 13.4. The van der Waals surface area contributed by atoms with E-state index >= 15 is 0 Å². The van der Waals surface area contributed by atoms with Gasteiger partial charge < -0.3 is 10.2 Å². The molecule has 9 nitrogen and oxygen atoms in total. The topological polar surface area (TPSA) is 105 Å². The minimum atomic E-state index is -0.363. The van der Waals surface area contributed by atoms with Gasteiger partial charge in [-0.3, -0.25) is 10.1 Å². The van der Waals surface area contributed by atoms with Gasteiger partial charge in [0.1, 0.15) is 5.82 Å². The Morgan fingerprint density at radius 2 is 1.90 bits per heavy atom. The second-order valence-electron chi connectivity index (χ2n) is 7.67. The fraction of sp³-hybridized carbons (Fsp3) is 0.318. The average Bonchev–Trinajstić information content (AvgIpc) is 3.10. The fourth-order valence-electron chi connectivity index (χ4n) is 3.55. The van der Waals surface area contributed by atoms with Gasteiger partial charge in [-0.05, 0) is 17.5 Å². The molecule has 3 heterocycles. The lowest BCUT2D eigenvalue weighted by Gasteiger charge is -2.29. The Bertz CT molecular complexity index is 1050. The Hall–Kier alpha value is -3.75. The number of hydrogen-bond acceptors (Lipinski definition) is 5. The molecule has 0 bridgehead atoms. The smallest absolute Gasteiger partial charge is 0.323 e. The minimum Gasteiger partial charge on any atom is -0.354 e. The average molecular weight is 419 g/mol. The first-order chi connectivity index (χ1) is 15.0. The molecule has 1 saturated heterocycles.